The van der Waals surface area contributed by atoms with Crippen molar-refractivity contribution in [3.8, 4) is 11.5 Å². The molecule has 2 aromatic carbocycles. The number of aliphatic hydroxyl groups is 1. The van der Waals surface area contributed by atoms with Crippen LogP contribution in [-0.4, -0.2) is 45.5 Å². The van der Waals surface area contributed by atoms with Gasteiger partial charge in [-0.25, -0.2) is 9.68 Å². The number of aromatic hydroxyl groups is 1. The number of benzene rings is 2. The number of Topliss-reactive ketones (excluding diaryl/α,β-unsaturated/α-hetero) is 1. The first kappa shape index (κ1) is 28.3. The van der Waals surface area contributed by atoms with Crippen molar-refractivity contribution in [3.63, 3.8) is 0 Å². The van der Waals surface area contributed by atoms with E-state index in [0.29, 0.717) is 5.57 Å². The molecule has 0 saturated heterocycles. The first-order chi connectivity index (χ1) is 19.1. The fourth-order valence-corrected chi connectivity index (χ4v) is 5.32. The quantitative estimate of drug-likeness (QED) is 0.166. The molecule has 2 aliphatic rings. The minimum atomic E-state index is -2.32. The molecule has 3 N–H and O–H groups in total. The van der Waals surface area contributed by atoms with E-state index in [9.17, 15) is 29.9 Å². The molecule has 0 fully saturated rings. The van der Waals surface area contributed by atoms with E-state index in [2.05, 4.69) is 11.5 Å². The number of carbonyl (C=O) groups is 2. The normalized spacial score (nSPS) is 19.5. The molecule has 10 nitrogen and oxygen atoms in total. The summed E-state index contributed by atoms with van der Waals surface area (Å²) in [6, 6.07) is 1.39. The van der Waals surface area contributed by atoms with Crippen LogP contribution in [-0.2, 0) is 20.0 Å². The van der Waals surface area contributed by atoms with E-state index in [0.717, 1.165) is 7.11 Å². The number of phenolic OH excluding ortho intramolecular Hbond substituents is 1. The van der Waals surface area contributed by atoms with Gasteiger partial charge < -0.3 is 24.1 Å². The smallest absolute Gasteiger partial charge is 0.343 e. The highest BCUT2D eigenvalue weighted by molar-refractivity contribution is 6.17. The number of rotatable bonds is 5. The minimum Gasteiger partial charge on any atom is -0.506 e. The van der Waals surface area contributed by atoms with Gasteiger partial charge in [-0.1, -0.05) is 12.2 Å². The summed E-state index contributed by atoms with van der Waals surface area (Å²) in [6.07, 6.45) is 5.78. The Labute approximate surface area is 234 Å². The van der Waals surface area contributed by atoms with Gasteiger partial charge in [-0.05, 0) is 70.6 Å². The lowest BCUT2D eigenvalue weighted by atomic mass is 9.87. The molecule has 0 radical (unpaired) electrons. The molecule has 1 aliphatic heterocycles. The monoisotopic (exact) mass is 562 g/mol. The van der Waals surface area contributed by atoms with E-state index in [-0.39, 0.29) is 61.3 Å². The van der Waals surface area contributed by atoms with Gasteiger partial charge >= 0.3 is 5.97 Å². The molecule has 1 aliphatic carbocycles. The van der Waals surface area contributed by atoms with Crippen molar-refractivity contribution < 1.29 is 43.8 Å². The van der Waals surface area contributed by atoms with Crippen LogP contribution in [0, 0.1) is 0 Å². The lowest BCUT2D eigenvalue weighted by Gasteiger charge is -2.30. The molecule has 3 aromatic rings. The fourth-order valence-electron chi connectivity index (χ4n) is 5.32. The fraction of sp³-hybridized carbons (Fsp3) is 0.323. The molecular formula is C31H30O10. The average molecular weight is 563 g/mol. The summed E-state index contributed by atoms with van der Waals surface area (Å²) in [5.41, 5.74) is -4.36. The van der Waals surface area contributed by atoms with Gasteiger partial charge in [0.05, 0.1) is 35.6 Å². The summed E-state index contributed by atoms with van der Waals surface area (Å²) < 4.78 is 17.3. The highest BCUT2D eigenvalue weighted by Gasteiger charge is 2.52. The van der Waals surface area contributed by atoms with Gasteiger partial charge in [-0.2, -0.15) is 0 Å². The van der Waals surface area contributed by atoms with Crippen molar-refractivity contribution in [2.75, 3.05) is 7.11 Å². The molecule has 1 aromatic heterocycles. The van der Waals surface area contributed by atoms with Crippen LogP contribution >= 0.6 is 0 Å². The molecule has 2 heterocycles. The Kier molecular flexibility index (Phi) is 6.30. The second kappa shape index (κ2) is 9.13. The lowest BCUT2D eigenvalue weighted by molar-refractivity contribution is -0.296. The van der Waals surface area contributed by atoms with Crippen molar-refractivity contribution in [1.82, 2.24) is 0 Å². The molecule has 5 rings (SSSR count). The Balaban J connectivity index is 2.01. The Morgan fingerprint density at radius 2 is 1.90 bits per heavy atom. The summed E-state index contributed by atoms with van der Waals surface area (Å²) in [5.74, 6) is -1.87. The van der Waals surface area contributed by atoms with Crippen LogP contribution in [0.1, 0.15) is 73.7 Å². The summed E-state index contributed by atoms with van der Waals surface area (Å²) in [6.45, 7) is 12.3. The van der Waals surface area contributed by atoms with Crippen molar-refractivity contribution in [1.29, 1.82) is 0 Å². The number of ether oxygens (including phenoxy) is 2. The van der Waals surface area contributed by atoms with Crippen LogP contribution in [0.15, 0.2) is 34.0 Å². The summed E-state index contributed by atoms with van der Waals surface area (Å²) in [4.78, 5) is 44.7. The third kappa shape index (κ3) is 4.18. The molecule has 0 saturated carbocycles. The largest absolute Gasteiger partial charge is 0.506 e. The zero-order chi connectivity index (χ0) is 30.2. The maximum Gasteiger partial charge on any atom is 0.343 e. The zero-order valence-corrected chi connectivity index (χ0v) is 23.5. The van der Waals surface area contributed by atoms with E-state index in [1.165, 1.54) is 18.2 Å². The SMILES string of the molecule is C=C(C)c1cc2c(=O)c3c(O)c4c(c(C=CC(C)(C)OO)c3oc2c2c1[C@@](O)(C(=O)OC)CC2=O)OC(C)(C)C=C4. The lowest BCUT2D eigenvalue weighted by Crippen LogP contribution is -2.35. The van der Waals surface area contributed by atoms with Gasteiger partial charge in [0, 0.05) is 5.56 Å². The number of ketones is 1. The molecule has 0 spiro atoms. The van der Waals surface area contributed by atoms with Gasteiger partial charge in [0.25, 0.3) is 0 Å². The molecule has 41 heavy (non-hydrogen) atoms. The predicted molar refractivity (Wildman–Crippen MR) is 152 cm³/mol. The minimum absolute atomic E-state index is 0.0537. The Morgan fingerprint density at radius 3 is 2.51 bits per heavy atom. The van der Waals surface area contributed by atoms with E-state index < -0.39 is 40.4 Å². The van der Waals surface area contributed by atoms with Crippen LogP contribution in [0.4, 0.5) is 0 Å². The zero-order valence-electron chi connectivity index (χ0n) is 23.5. The Bertz CT molecular complexity index is 1820. The molecular weight excluding hydrogens is 532 g/mol. The topological polar surface area (TPSA) is 153 Å². The maximum atomic E-state index is 14.1. The summed E-state index contributed by atoms with van der Waals surface area (Å²) >= 11 is 0. The highest BCUT2D eigenvalue weighted by atomic mass is 17.1. The van der Waals surface area contributed by atoms with Crippen molar-refractivity contribution in [2.45, 2.75) is 57.8 Å². The van der Waals surface area contributed by atoms with E-state index in [4.69, 9.17) is 13.9 Å². The standard InChI is InChI=1S/C31H30O10/c1-14(2)17-12-18-24(34)21-23(33)15-8-10-29(3,4)40-25(15)16(9-11-30(5,6)41-37)26(21)39-27(18)20-19(32)13-31(36,22(17)20)28(35)38-7/h8-12,33,36-37H,1,13H2,2-7H3/t31-/m1/s1. The van der Waals surface area contributed by atoms with E-state index in [1.807, 2.05) is 0 Å². The predicted octanol–water partition coefficient (Wildman–Crippen LogP) is 5.10. The number of methoxy groups -OCH3 is 1. The van der Waals surface area contributed by atoms with Crippen LogP contribution in [0.5, 0.6) is 11.5 Å². The molecule has 10 heteroatoms. The van der Waals surface area contributed by atoms with Crippen LogP contribution in [0.2, 0.25) is 0 Å². The molecule has 0 unspecified atom stereocenters. The molecule has 214 valence electrons. The van der Waals surface area contributed by atoms with Crippen molar-refractivity contribution in [2.24, 2.45) is 0 Å². The Morgan fingerprint density at radius 1 is 1.22 bits per heavy atom. The molecule has 1 atom stereocenters. The summed E-state index contributed by atoms with van der Waals surface area (Å²) in [5, 5.41) is 31.9. The second-order valence-corrected chi connectivity index (χ2v) is 11.5. The van der Waals surface area contributed by atoms with E-state index >= 15 is 0 Å². The van der Waals surface area contributed by atoms with Crippen LogP contribution < -0.4 is 10.2 Å². The van der Waals surface area contributed by atoms with Crippen LogP contribution in [0.25, 0.3) is 39.7 Å². The average Bonchev–Trinajstić information content (AvgIpc) is 3.18. The van der Waals surface area contributed by atoms with Crippen molar-refractivity contribution >= 4 is 51.4 Å². The number of allylic oxidation sites excluding steroid dienone is 1. The number of carbonyl (C=O) groups excluding carboxylic acids is 2. The van der Waals surface area contributed by atoms with Crippen LogP contribution in [0.3, 0.4) is 0 Å². The maximum absolute atomic E-state index is 14.1. The third-order valence-corrected chi connectivity index (χ3v) is 7.40. The number of hydrogen-bond acceptors (Lipinski definition) is 10. The first-order valence-electron chi connectivity index (χ1n) is 12.8. The van der Waals surface area contributed by atoms with Gasteiger partial charge in [-0.15, -0.1) is 0 Å². The number of esters is 1. The van der Waals surface area contributed by atoms with Crippen molar-refractivity contribution in [3.05, 3.63) is 62.8 Å². The van der Waals surface area contributed by atoms with Gasteiger partial charge in [0.1, 0.15) is 33.7 Å². The summed E-state index contributed by atoms with van der Waals surface area (Å²) in [7, 11) is 1.09. The number of phenols is 1. The van der Waals surface area contributed by atoms with E-state index in [1.54, 1.807) is 46.8 Å². The van der Waals surface area contributed by atoms with Gasteiger partial charge in [0.2, 0.25) is 5.43 Å². The van der Waals surface area contributed by atoms with Gasteiger partial charge in [-0.3, -0.25) is 14.8 Å². The molecule has 0 amide bonds. The highest BCUT2D eigenvalue weighted by Crippen LogP contribution is 2.49. The number of hydrogen-bond donors (Lipinski definition) is 3. The number of fused-ring (bicyclic) bond motifs is 5. The first-order valence-corrected chi connectivity index (χ1v) is 12.8. The van der Waals surface area contributed by atoms with Gasteiger partial charge in [0.15, 0.2) is 17.0 Å². The molecule has 0 bridgehead atoms. The Hall–Kier alpha value is -4.25. The third-order valence-electron chi connectivity index (χ3n) is 7.40. The second-order valence-electron chi connectivity index (χ2n) is 11.5.